The van der Waals surface area contributed by atoms with Gasteiger partial charge in [-0.15, -0.1) is 11.3 Å². The quantitative estimate of drug-likeness (QED) is 0.593. The van der Waals surface area contributed by atoms with Gasteiger partial charge in [0, 0.05) is 38.3 Å². The van der Waals surface area contributed by atoms with Gasteiger partial charge in [0.2, 0.25) is 0 Å². The summed E-state index contributed by atoms with van der Waals surface area (Å²) in [5.41, 5.74) is 1.09. The lowest BCUT2D eigenvalue weighted by atomic mass is 10.1. The van der Waals surface area contributed by atoms with Crippen LogP contribution < -0.4 is 5.32 Å². The molecule has 2 aromatic rings. The average molecular weight is 380 g/mol. The molecule has 136 valence electrons. The molecule has 0 bridgehead atoms. The maximum absolute atomic E-state index is 11.5. The topological polar surface area (TPSA) is 61.8 Å². The van der Waals surface area contributed by atoms with Gasteiger partial charge >= 0.3 is 0 Å². The van der Waals surface area contributed by atoms with E-state index >= 15 is 0 Å². The molecule has 7 heteroatoms. The van der Waals surface area contributed by atoms with Gasteiger partial charge in [-0.05, 0) is 42.0 Å². The lowest BCUT2D eigenvalue weighted by molar-refractivity contribution is 0.487. The van der Waals surface area contributed by atoms with Gasteiger partial charge in [0.1, 0.15) is 0 Å². The number of hydrogen-bond donors (Lipinski definition) is 1. The summed E-state index contributed by atoms with van der Waals surface area (Å²) in [7, 11) is 0.680. The lowest BCUT2D eigenvalue weighted by Crippen LogP contribution is -2.40. The van der Waals surface area contributed by atoms with Crippen LogP contribution in [0.15, 0.2) is 51.7 Å². The molecule has 0 spiro atoms. The fourth-order valence-electron chi connectivity index (χ4n) is 2.45. The van der Waals surface area contributed by atoms with E-state index in [-0.39, 0.29) is 0 Å². The van der Waals surface area contributed by atoms with Crippen molar-refractivity contribution in [1.82, 2.24) is 10.2 Å². The van der Waals surface area contributed by atoms with E-state index in [9.17, 15) is 8.42 Å². The number of sulfone groups is 1. The van der Waals surface area contributed by atoms with Gasteiger partial charge in [0.15, 0.2) is 15.8 Å². The number of nitrogens with one attached hydrogen (secondary N) is 1. The SMILES string of the molecule is CN=C(NCCc1ccc(S(C)(=O)=O)cc1)N(C)CCc1cccs1. The molecular formula is C18H25N3O2S2. The first-order valence-electron chi connectivity index (χ1n) is 8.13. The molecule has 0 fully saturated rings. The molecule has 0 amide bonds. The number of hydrogen-bond acceptors (Lipinski definition) is 4. The summed E-state index contributed by atoms with van der Waals surface area (Å²) in [6.07, 6.45) is 3.03. The van der Waals surface area contributed by atoms with Crippen molar-refractivity contribution < 1.29 is 8.42 Å². The highest BCUT2D eigenvalue weighted by Crippen LogP contribution is 2.11. The van der Waals surface area contributed by atoms with E-state index in [2.05, 4.69) is 32.7 Å². The average Bonchev–Trinajstić information content (AvgIpc) is 3.10. The van der Waals surface area contributed by atoms with Gasteiger partial charge in [-0.3, -0.25) is 4.99 Å². The summed E-state index contributed by atoms with van der Waals surface area (Å²) >= 11 is 1.77. The molecule has 0 unspecified atom stereocenters. The van der Waals surface area contributed by atoms with E-state index in [0.29, 0.717) is 4.90 Å². The molecule has 0 aliphatic carbocycles. The highest BCUT2D eigenvalue weighted by atomic mass is 32.2. The summed E-state index contributed by atoms with van der Waals surface area (Å²) in [5.74, 6) is 0.865. The van der Waals surface area contributed by atoms with Crippen LogP contribution in [0.1, 0.15) is 10.4 Å². The van der Waals surface area contributed by atoms with Gasteiger partial charge in [0.25, 0.3) is 0 Å². The predicted molar refractivity (Wildman–Crippen MR) is 105 cm³/mol. The molecule has 0 saturated heterocycles. The first-order chi connectivity index (χ1) is 11.9. The van der Waals surface area contributed by atoms with E-state index in [1.165, 1.54) is 11.1 Å². The Kier molecular flexibility index (Phi) is 7.01. The first kappa shape index (κ1) is 19.5. The third-order valence-corrected chi connectivity index (χ3v) is 5.96. The van der Waals surface area contributed by atoms with Gasteiger partial charge in [-0.25, -0.2) is 8.42 Å². The lowest BCUT2D eigenvalue weighted by Gasteiger charge is -2.21. The van der Waals surface area contributed by atoms with Crippen LogP contribution in [0.4, 0.5) is 0 Å². The summed E-state index contributed by atoms with van der Waals surface area (Å²) in [4.78, 5) is 8.16. The third kappa shape index (κ3) is 6.17. The van der Waals surface area contributed by atoms with Gasteiger partial charge in [-0.1, -0.05) is 18.2 Å². The molecule has 5 nitrogen and oxygen atoms in total. The summed E-state index contributed by atoms with van der Waals surface area (Å²) in [5, 5.41) is 5.45. The molecule has 1 N–H and O–H groups in total. The molecular weight excluding hydrogens is 354 g/mol. The Balaban J connectivity index is 1.80. The van der Waals surface area contributed by atoms with E-state index < -0.39 is 9.84 Å². The second kappa shape index (κ2) is 9.01. The van der Waals surface area contributed by atoms with Crippen LogP contribution in [0.3, 0.4) is 0 Å². The number of aliphatic imine (C=N–C) groups is 1. The van der Waals surface area contributed by atoms with Crippen LogP contribution in [0.25, 0.3) is 0 Å². The fraction of sp³-hybridized carbons (Fsp3) is 0.389. The molecule has 0 aliphatic heterocycles. The Bertz CT molecular complexity index is 782. The Hall–Kier alpha value is -1.86. The maximum Gasteiger partial charge on any atom is 0.193 e. The molecule has 1 aromatic heterocycles. The molecule has 0 atom stereocenters. The summed E-state index contributed by atoms with van der Waals surface area (Å²) in [6, 6.07) is 11.3. The Labute approximate surface area is 154 Å². The molecule has 0 aliphatic rings. The minimum Gasteiger partial charge on any atom is -0.356 e. The highest BCUT2D eigenvalue weighted by molar-refractivity contribution is 7.90. The first-order valence-corrected chi connectivity index (χ1v) is 10.9. The number of benzene rings is 1. The van der Waals surface area contributed by atoms with Crippen LogP contribution >= 0.6 is 11.3 Å². The van der Waals surface area contributed by atoms with Crippen molar-refractivity contribution in [1.29, 1.82) is 0 Å². The van der Waals surface area contributed by atoms with Crippen molar-refractivity contribution in [3.8, 4) is 0 Å². The van der Waals surface area contributed by atoms with E-state index in [1.54, 1.807) is 30.5 Å². The summed E-state index contributed by atoms with van der Waals surface area (Å²) in [6.45, 7) is 1.65. The van der Waals surface area contributed by atoms with E-state index in [4.69, 9.17) is 0 Å². The molecule has 1 heterocycles. The molecule has 0 radical (unpaired) electrons. The van der Waals surface area contributed by atoms with Crippen molar-refractivity contribution in [2.24, 2.45) is 4.99 Å². The van der Waals surface area contributed by atoms with Crippen molar-refractivity contribution in [2.45, 2.75) is 17.7 Å². The van der Waals surface area contributed by atoms with Crippen LogP contribution in [-0.4, -0.2) is 52.7 Å². The zero-order valence-electron chi connectivity index (χ0n) is 14.9. The Morgan fingerprint density at radius 1 is 1.20 bits per heavy atom. The Morgan fingerprint density at radius 2 is 1.92 bits per heavy atom. The van der Waals surface area contributed by atoms with E-state index in [1.807, 2.05) is 19.2 Å². The zero-order chi connectivity index (χ0) is 18.3. The van der Waals surface area contributed by atoms with Crippen molar-refractivity contribution in [2.75, 3.05) is 33.4 Å². The van der Waals surface area contributed by atoms with Crippen LogP contribution in [0.2, 0.25) is 0 Å². The van der Waals surface area contributed by atoms with Crippen LogP contribution in [-0.2, 0) is 22.7 Å². The highest BCUT2D eigenvalue weighted by Gasteiger charge is 2.08. The van der Waals surface area contributed by atoms with Gasteiger partial charge in [0.05, 0.1) is 4.90 Å². The van der Waals surface area contributed by atoms with Crippen molar-refractivity contribution in [3.63, 3.8) is 0 Å². The Morgan fingerprint density at radius 3 is 2.48 bits per heavy atom. The monoisotopic (exact) mass is 379 g/mol. The normalized spacial score (nSPS) is 12.2. The molecule has 25 heavy (non-hydrogen) atoms. The molecule has 1 aromatic carbocycles. The van der Waals surface area contributed by atoms with Crippen LogP contribution in [0, 0.1) is 0 Å². The number of rotatable bonds is 7. The minimum atomic E-state index is -3.13. The molecule has 2 rings (SSSR count). The number of thiophene rings is 1. The fourth-order valence-corrected chi connectivity index (χ4v) is 3.77. The second-order valence-corrected chi connectivity index (χ2v) is 8.94. The number of likely N-dealkylation sites (N-methyl/N-ethyl adjacent to an activating group) is 1. The summed E-state index contributed by atoms with van der Waals surface area (Å²) < 4.78 is 23.0. The number of guanidine groups is 1. The number of nitrogens with zero attached hydrogens (tertiary/aromatic N) is 2. The molecule has 0 saturated carbocycles. The second-order valence-electron chi connectivity index (χ2n) is 5.89. The maximum atomic E-state index is 11.5. The predicted octanol–water partition coefficient (Wildman–Crippen LogP) is 2.44. The third-order valence-electron chi connectivity index (χ3n) is 3.90. The van der Waals surface area contributed by atoms with Crippen molar-refractivity contribution >= 4 is 27.1 Å². The standard InChI is InChI=1S/C18H25N3O2S2/c1-19-18(21(2)13-11-16-5-4-14-24-16)20-12-10-15-6-8-17(9-7-15)25(3,22)23/h4-9,14H,10-13H2,1-3H3,(H,19,20). The zero-order valence-corrected chi connectivity index (χ0v) is 16.5. The smallest absolute Gasteiger partial charge is 0.193 e. The van der Waals surface area contributed by atoms with Gasteiger partial charge in [-0.2, -0.15) is 0 Å². The largest absolute Gasteiger partial charge is 0.356 e. The van der Waals surface area contributed by atoms with Gasteiger partial charge < -0.3 is 10.2 Å². The van der Waals surface area contributed by atoms with E-state index in [0.717, 1.165) is 37.5 Å². The minimum absolute atomic E-state index is 0.355. The van der Waals surface area contributed by atoms with Crippen LogP contribution in [0.5, 0.6) is 0 Å². The van der Waals surface area contributed by atoms with Crippen molar-refractivity contribution in [3.05, 3.63) is 52.2 Å².